The van der Waals surface area contributed by atoms with E-state index in [1.165, 1.54) is 21.1 Å². The maximum Gasteiger partial charge on any atom is 0.293 e. The van der Waals surface area contributed by atoms with Crippen molar-refractivity contribution in [3.63, 3.8) is 0 Å². The van der Waals surface area contributed by atoms with Gasteiger partial charge in [-0.15, -0.1) is 0 Å². The molecule has 1 unspecified atom stereocenters. The maximum atomic E-state index is 12.9. The quantitative estimate of drug-likeness (QED) is 0.503. The summed E-state index contributed by atoms with van der Waals surface area (Å²) in [5.41, 5.74) is 4.00. The molecule has 0 fully saturated rings. The lowest BCUT2D eigenvalue weighted by Crippen LogP contribution is -2.35. The van der Waals surface area contributed by atoms with Crippen molar-refractivity contribution >= 4 is 27.4 Å². The van der Waals surface area contributed by atoms with Gasteiger partial charge in [0.15, 0.2) is 0 Å². The molecule has 5 rings (SSSR count). The highest BCUT2D eigenvalue weighted by Crippen LogP contribution is 2.30. The van der Waals surface area contributed by atoms with Crippen LogP contribution in [-0.4, -0.2) is 25.3 Å². The summed E-state index contributed by atoms with van der Waals surface area (Å²) in [5, 5.41) is 11.6. The summed E-state index contributed by atoms with van der Waals surface area (Å²) in [7, 11) is 0. The number of hydrogen-bond acceptors (Lipinski definition) is 4. The predicted octanol–water partition coefficient (Wildman–Crippen LogP) is 3.12. The smallest absolute Gasteiger partial charge is 0.293 e. The van der Waals surface area contributed by atoms with Gasteiger partial charge in [0.05, 0.1) is 11.7 Å². The Morgan fingerprint density at radius 1 is 1.17 bits per heavy atom. The lowest BCUT2D eigenvalue weighted by atomic mass is 10.1. The van der Waals surface area contributed by atoms with Gasteiger partial charge >= 0.3 is 0 Å². The molecule has 1 aliphatic rings. The second-order valence-electron chi connectivity index (χ2n) is 7.32. The van der Waals surface area contributed by atoms with E-state index in [9.17, 15) is 9.59 Å². The molecule has 1 N–H and O–H groups in total. The van der Waals surface area contributed by atoms with Crippen LogP contribution < -0.4 is 10.9 Å². The summed E-state index contributed by atoms with van der Waals surface area (Å²) >= 11 is 3.41. The van der Waals surface area contributed by atoms with Gasteiger partial charge in [0.1, 0.15) is 18.4 Å². The fraction of sp³-hybridized carbons (Fsp3) is 0.182. The van der Waals surface area contributed by atoms with Crippen molar-refractivity contribution in [1.29, 1.82) is 0 Å². The summed E-state index contributed by atoms with van der Waals surface area (Å²) in [6.45, 7) is -0.132. The summed E-state index contributed by atoms with van der Waals surface area (Å²) in [4.78, 5) is 25.4. The molecule has 2 aromatic carbocycles. The predicted molar refractivity (Wildman–Crippen MR) is 116 cm³/mol. The van der Waals surface area contributed by atoms with E-state index in [1.54, 1.807) is 6.07 Å². The van der Waals surface area contributed by atoms with Gasteiger partial charge in [0.2, 0.25) is 5.91 Å². The Labute approximate surface area is 180 Å². The van der Waals surface area contributed by atoms with Gasteiger partial charge in [-0.1, -0.05) is 52.3 Å². The number of carbonyl (C=O) groups is 1. The van der Waals surface area contributed by atoms with E-state index < -0.39 is 0 Å². The Morgan fingerprint density at radius 3 is 2.80 bits per heavy atom. The topological polar surface area (TPSA) is 81.3 Å². The molecule has 150 valence electrons. The molecular weight excluding hydrogens is 446 g/mol. The van der Waals surface area contributed by atoms with Gasteiger partial charge in [-0.25, -0.2) is 9.20 Å². The normalized spacial score (nSPS) is 15.3. The molecule has 0 bridgehead atoms. The first-order chi connectivity index (χ1) is 14.6. The summed E-state index contributed by atoms with van der Waals surface area (Å²) in [5.74, 6) is -0.233. The molecule has 8 heteroatoms. The van der Waals surface area contributed by atoms with E-state index in [0.717, 1.165) is 28.4 Å². The number of carbonyl (C=O) groups excluding carboxylic acids is 1. The van der Waals surface area contributed by atoms with Crippen LogP contribution in [0.15, 0.2) is 70.2 Å². The number of aryl methyl sites for hydroxylation is 1. The number of aromatic nitrogens is 4. The third-order valence-corrected chi connectivity index (χ3v) is 5.92. The molecule has 30 heavy (non-hydrogen) atoms. The minimum atomic E-state index is -0.352. The summed E-state index contributed by atoms with van der Waals surface area (Å²) < 4.78 is 3.59. The molecule has 1 atom stereocenters. The number of nitrogens with zero attached hydrogens (tertiary/aromatic N) is 4. The number of amides is 1. The summed E-state index contributed by atoms with van der Waals surface area (Å²) in [6.07, 6.45) is 3.27. The van der Waals surface area contributed by atoms with Crippen LogP contribution in [0.25, 0.3) is 16.8 Å². The molecule has 0 spiro atoms. The first-order valence-electron chi connectivity index (χ1n) is 9.67. The van der Waals surface area contributed by atoms with Crippen LogP contribution in [0.1, 0.15) is 23.6 Å². The van der Waals surface area contributed by atoms with Gasteiger partial charge in [-0.3, -0.25) is 9.59 Å². The van der Waals surface area contributed by atoms with Crippen LogP contribution in [0, 0.1) is 0 Å². The van der Waals surface area contributed by atoms with Crippen molar-refractivity contribution in [1.82, 2.24) is 24.7 Å². The van der Waals surface area contributed by atoms with E-state index >= 15 is 0 Å². The van der Waals surface area contributed by atoms with Crippen molar-refractivity contribution < 1.29 is 4.79 Å². The molecule has 1 amide bonds. The fourth-order valence-electron chi connectivity index (χ4n) is 3.90. The van der Waals surface area contributed by atoms with E-state index in [0.29, 0.717) is 11.2 Å². The highest BCUT2D eigenvalue weighted by Gasteiger charge is 2.23. The Kier molecular flexibility index (Phi) is 4.71. The lowest BCUT2D eigenvalue weighted by Gasteiger charge is -2.14. The van der Waals surface area contributed by atoms with Gasteiger partial charge in [-0.2, -0.15) is 10.2 Å². The molecule has 2 heterocycles. The lowest BCUT2D eigenvalue weighted by molar-refractivity contribution is -0.122. The van der Waals surface area contributed by atoms with Crippen LogP contribution in [0.3, 0.4) is 0 Å². The molecule has 7 nitrogen and oxygen atoms in total. The third kappa shape index (κ3) is 3.43. The molecule has 4 aromatic rings. The number of rotatable bonds is 4. The maximum absolute atomic E-state index is 12.9. The van der Waals surface area contributed by atoms with Crippen LogP contribution in [0.5, 0.6) is 0 Å². The van der Waals surface area contributed by atoms with Crippen molar-refractivity contribution in [3.8, 4) is 11.3 Å². The minimum absolute atomic E-state index is 0.0212. The van der Waals surface area contributed by atoms with Gasteiger partial charge < -0.3 is 5.32 Å². The number of benzene rings is 2. The number of nitrogens with one attached hydrogen (secondary N) is 1. The Balaban J connectivity index is 1.37. The first kappa shape index (κ1) is 18.7. The van der Waals surface area contributed by atoms with Crippen molar-refractivity contribution in [2.75, 3.05) is 0 Å². The van der Waals surface area contributed by atoms with Crippen molar-refractivity contribution in [2.45, 2.75) is 25.4 Å². The van der Waals surface area contributed by atoms with Crippen molar-refractivity contribution in [3.05, 3.63) is 86.9 Å². The Hall–Kier alpha value is -3.26. The van der Waals surface area contributed by atoms with Gasteiger partial charge in [0, 0.05) is 10.0 Å². The number of hydrogen-bond donors (Lipinski definition) is 1. The van der Waals surface area contributed by atoms with E-state index in [2.05, 4.69) is 37.5 Å². The second-order valence-corrected chi connectivity index (χ2v) is 8.23. The third-order valence-electron chi connectivity index (χ3n) is 5.39. The van der Waals surface area contributed by atoms with Crippen LogP contribution >= 0.6 is 15.9 Å². The highest BCUT2D eigenvalue weighted by molar-refractivity contribution is 9.10. The van der Waals surface area contributed by atoms with E-state index in [4.69, 9.17) is 0 Å². The molecule has 2 aromatic heterocycles. The number of fused-ring (bicyclic) bond motifs is 2. The highest BCUT2D eigenvalue weighted by atomic mass is 79.9. The van der Waals surface area contributed by atoms with Crippen LogP contribution in [-0.2, 0) is 17.8 Å². The fourth-order valence-corrected chi connectivity index (χ4v) is 4.16. The summed E-state index contributed by atoms with van der Waals surface area (Å²) in [6, 6.07) is 17.5. The molecule has 0 saturated heterocycles. The minimum Gasteiger partial charge on any atom is -0.348 e. The van der Waals surface area contributed by atoms with E-state index in [1.807, 2.05) is 42.5 Å². The standard InChI is InChI=1S/C22H18BrN5O2/c23-16-8-5-15(6-9-16)19-11-20-22(30)27(24-13-28(20)26-19)12-21(29)25-18-10-7-14-3-1-2-4-17(14)18/h1-6,8-9,11,13,18H,7,10,12H2,(H,25,29). The Morgan fingerprint density at radius 2 is 1.97 bits per heavy atom. The average Bonchev–Trinajstić information content (AvgIpc) is 3.36. The molecule has 0 radical (unpaired) electrons. The zero-order valence-electron chi connectivity index (χ0n) is 16.0. The zero-order valence-corrected chi connectivity index (χ0v) is 17.5. The van der Waals surface area contributed by atoms with Crippen LogP contribution in [0.2, 0.25) is 0 Å². The van der Waals surface area contributed by atoms with Crippen LogP contribution in [0.4, 0.5) is 0 Å². The molecule has 0 aliphatic heterocycles. The van der Waals surface area contributed by atoms with Gasteiger partial charge in [-0.05, 0) is 42.2 Å². The number of halogens is 1. The molecule has 1 aliphatic carbocycles. The SMILES string of the molecule is O=C(Cn1ncn2nc(-c3ccc(Br)cc3)cc2c1=O)NC1CCc2ccccc21. The second kappa shape index (κ2) is 7.53. The first-order valence-corrected chi connectivity index (χ1v) is 10.5. The monoisotopic (exact) mass is 463 g/mol. The zero-order chi connectivity index (χ0) is 20.7. The van der Waals surface area contributed by atoms with Crippen molar-refractivity contribution in [2.24, 2.45) is 0 Å². The van der Waals surface area contributed by atoms with E-state index in [-0.39, 0.29) is 24.1 Å². The average molecular weight is 464 g/mol. The molecule has 0 saturated carbocycles. The largest absolute Gasteiger partial charge is 0.348 e. The molecular formula is C22H18BrN5O2. The van der Waals surface area contributed by atoms with Gasteiger partial charge in [0.25, 0.3) is 5.56 Å². The Bertz CT molecular complexity index is 1310.